The standard InChI is InChI=1S/C19H15BrN2O5/c1-10-15(8-12-7-13(20)9-16(27-2)17(12)23)18(24)22(21-10)14-5-3-11(4-6-14)19(25)26/h3-9,23H,1-2H3,(H,25,26)/b15-8-. The molecule has 0 radical (unpaired) electrons. The number of nitrogens with zero attached hydrogens (tertiary/aromatic N) is 2. The number of phenols is 1. The Morgan fingerprint density at radius 2 is 1.93 bits per heavy atom. The van der Waals surface area contributed by atoms with E-state index >= 15 is 0 Å². The molecule has 3 rings (SSSR count). The number of halogens is 1. The summed E-state index contributed by atoms with van der Waals surface area (Å²) in [5.41, 5.74) is 1.76. The van der Waals surface area contributed by atoms with Gasteiger partial charge in [0.2, 0.25) is 0 Å². The molecule has 2 aromatic rings. The summed E-state index contributed by atoms with van der Waals surface area (Å²) in [4.78, 5) is 23.8. The van der Waals surface area contributed by atoms with Crippen LogP contribution in [-0.2, 0) is 4.79 Å². The SMILES string of the molecule is COc1cc(Br)cc(/C=C2\C(=O)N(c3ccc(C(=O)O)cc3)N=C2C)c1O. The van der Waals surface area contributed by atoms with Crippen LogP contribution in [-0.4, -0.2) is 34.9 Å². The molecular formula is C19H15BrN2O5. The van der Waals surface area contributed by atoms with E-state index in [0.717, 1.165) is 0 Å². The highest BCUT2D eigenvalue weighted by molar-refractivity contribution is 9.10. The molecule has 0 fully saturated rings. The van der Waals surface area contributed by atoms with E-state index in [1.807, 2.05) is 0 Å². The molecule has 0 saturated carbocycles. The molecule has 1 heterocycles. The second-order valence-electron chi connectivity index (χ2n) is 5.76. The summed E-state index contributed by atoms with van der Waals surface area (Å²) in [6.07, 6.45) is 1.54. The largest absolute Gasteiger partial charge is 0.504 e. The highest BCUT2D eigenvalue weighted by atomic mass is 79.9. The minimum atomic E-state index is -1.05. The molecule has 2 aromatic carbocycles. The molecule has 1 amide bonds. The van der Waals surface area contributed by atoms with Gasteiger partial charge >= 0.3 is 5.97 Å². The summed E-state index contributed by atoms with van der Waals surface area (Å²) in [5.74, 6) is -1.24. The fourth-order valence-electron chi connectivity index (χ4n) is 2.62. The number of carboxylic acid groups (broad SMARTS) is 1. The third-order valence-corrected chi connectivity index (χ3v) is 4.47. The Morgan fingerprint density at radius 1 is 1.26 bits per heavy atom. The number of carboxylic acids is 1. The van der Waals surface area contributed by atoms with Crippen LogP contribution < -0.4 is 9.75 Å². The predicted molar refractivity (Wildman–Crippen MR) is 104 cm³/mol. The predicted octanol–water partition coefficient (Wildman–Crippen LogP) is 3.67. The van der Waals surface area contributed by atoms with Gasteiger partial charge in [0.1, 0.15) is 0 Å². The van der Waals surface area contributed by atoms with Gasteiger partial charge in [-0.25, -0.2) is 4.79 Å². The second kappa shape index (κ2) is 7.24. The maximum absolute atomic E-state index is 12.8. The number of benzene rings is 2. The average Bonchev–Trinajstić information content (AvgIpc) is 2.92. The lowest BCUT2D eigenvalue weighted by atomic mass is 10.1. The van der Waals surface area contributed by atoms with Crippen LogP contribution in [0.15, 0.2) is 51.5 Å². The van der Waals surface area contributed by atoms with E-state index in [0.29, 0.717) is 27.0 Å². The van der Waals surface area contributed by atoms with Crippen LogP contribution in [0.25, 0.3) is 6.08 Å². The van der Waals surface area contributed by atoms with Crippen LogP contribution in [0.2, 0.25) is 0 Å². The lowest BCUT2D eigenvalue weighted by Gasteiger charge is -2.12. The molecule has 0 aliphatic carbocycles. The fraction of sp³-hybridized carbons (Fsp3) is 0.105. The van der Waals surface area contributed by atoms with Crippen LogP contribution in [0.5, 0.6) is 11.5 Å². The lowest BCUT2D eigenvalue weighted by molar-refractivity contribution is -0.114. The molecule has 138 valence electrons. The number of carbonyl (C=O) groups excluding carboxylic acids is 1. The topological polar surface area (TPSA) is 99.4 Å². The Bertz CT molecular complexity index is 996. The third-order valence-electron chi connectivity index (χ3n) is 4.01. The fourth-order valence-corrected chi connectivity index (χ4v) is 3.07. The number of aromatic carboxylic acids is 1. The molecule has 1 aliphatic heterocycles. The Kier molecular flexibility index (Phi) is 5.00. The normalized spacial score (nSPS) is 15.2. The van der Waals surface area contributed by atoms with Crippen molar-refractivity contribution in [3.8, 4) is 11.5 Å². The summed E-state index contributed by atoms with van der Waals surface area (Å²) in [7, 11) is 1.44. The van der Waals surface area contributed by atoms with Crippen LogP contribution in [0, 0.1) is 0 Å². The molecule has 27 heavy (non-hydrogen) atoms. The Morgan fingerprint density at radius 3 is 2.52 bits per heavy atom. The Balaban J connectivity index is 1.97. The molecule has 0 atom stereocenters. The van der Waals surface area contributed by atoms with Gasteiger partial charge in [0.15, 0.2) is 11.5 Å². The quantitative estimate of drug-likeness (QED) is 0.720. The van der Waals surface area contributed by atoms with E-state index in [1.165, 1.54) is 42.5 Å². The Hall–Kier alpha value is -3.13. The number of methoxy groups -OCH3 is 1. The number of amides is 1. The van der Waals surface area contributed by atoms with Crippen molar-refractivity contribution in [2.45, 2.75) is 6.92 Å². The minimum absolute atomic E-state index is 0.0851. The number of ether oxygens (including phenoxy) is 1. The number of hydrazone groups is 1. The lowest BCUT2D eigenvalue weighted by Crippen LogP contribution is -2.21. The van der Waals surface area contributed by atoms with Gasteiger partial charge in [0, 0.05) is 10.0 Å². The first-order chi connectivity index (χ1) is 12.8. The summed E-state index contributed by atoms with van der Waals surface area (Å²) in [5, 5.41) is 24.7. The van der Waals surface area contributed by atoms with Gasteiger partial charge in [-0.05, 0) is 49.4 Å². The molecule has 2 N–H and O–H groups in total. The maximum Gasteiger partial charge on any atom is 0.335 e. The minimum Gasteiger partial charge on any atom is -0.504 e. The first-order valence-corrected chi connectivity index (χ1v) is 8.62. The van der Waals surface area contributed by atoms with Gasteiger partial charge in [-0.1, -0.05) is 15.9 Å². The number of aromatic hydroxyl groups is 1. The summed E-state index contributed by atoms with van der Waals surface area (Å²) in [6, 6.07) is 9.12. The van der Waals surface area contributed by atoms with Crippen molar-refractivity contribution in [1.29, 1.82) is 0 Å². The molecule has 0 bridgehead atoms. The monoisotopic (exact) mass is 430 g/mol. The van der Waals surface area contributed by atoms with E-state index in [9.17, 15) is 14.7 Å². The third kappa shape index (κ3) is 3.56. The van der Waals surface area contributed by atoms with Crippen LogP contribution in [0.1, 0.15) is 22.8 Å². The van der Waals surface area contributed by atoms with Gasteiger partial charge in [-0.15, -0.1) is 0 Å². The first kappa shape index (κ1) is 18.7. The van der Waals surface area contributed by atoms with Crippen molar-refractivity contribution in [3.63, 3.8) is 0 Å². The number of anilines is 1. The van der Waals surface area contributed by atoms with Crippen molar-refractivity contribution in [1.82, 2.24) is 0 Å². The van der Waals surface area contributed by atoms with Crippen molar-refractivity contribution < 1.29 is 24.5 Å². The number of carbonyl (C=O) groups is 2. The second-order valence-corrected chi connectivity index (χ2v) is 6.67. The number of phenolic OH excluding ortho intramolecular Hbond substituents is 1. The van der Waals surface area contributed by atoms with Gasteiger partial charge in [0.05, 0.1) is 29.6 Å². The summed E-state index contributed by atoms with van der Waals surface area (Å²) in [6.45, 7) is 1.68. The van der Waals surface area contributed by atoms with Crippen molar-refractivity contribution in [2.24, 2.45) is 5.10 Å². The van der Waals surface area contributed by atoms with E-state index in [4.69, 9.17) is 9.84 Å². The molecular weight excluding hydrogens is 416 g/mol. The molecule has 0 saturated heterocycles. The maximum atomic E-state index is 12.8. The number of hydrogen-bond donors (Lipinski definition) is 2. The van der Waals surface area contributed by atoms with Gasteiger partial charge in [-0.3, -0.25) is 4.79 Å². The van der Waals surface area contributed by atoms with Gasteiger partial charge in [0.25, 0.3) is 5.91 Å². The Labute approximate surface area is 163 Å². The summed E-state index contributed by atoms with van der Waals surface area (Å²) < 4.78 is 5.81. The smallest absolute Gasteiger partial charge is 0.335 e. The van der Waals surface area contributed by atoms with Crippen LogP contribution in [0.4, 0.5) is 5.69 Å². The van der Waals surface area contributed by atoms with E-state index in [2.05, 4.69) is 21.0 Å². The van der Waals surface area contributed by atoms with Gasteiger partial charge < -0.3 is 14.9 Å². The zero-order valence-corrected chi connectivity index (χ0v) is 16.0. The van der Waals surface area contributed by atoms with Gasteiger partial charge in [-0.2, -0.15) is 10.1 Å². The van der Waals surface area contributed by atoms with Crippen LogP contribution >= 0.6 is 15.9 Å². The van der Waals surface area contributed by atoms with E-state index in [-0.39, 0.29) is 23.0 Å². The number of rotatable bonds is 4. The van der Waals surface area contributed by atoms with E-state index in [1.54, 1.807) is 19.1 Å². The number of hydrogen-bond acceptors (Lipinski definition) is 5. The highest BCUT2D eigenvalue weighted by Crippen LogP contribution is 2.36. The zero-order valence-electron chi connectivity index (χ0n) is 14.4. The molecule has 0 aromatic heterocycles. The van der Waals surface area contributed by atoms with Crippen molar-refractivity contribution in [2.75, 3.05) is 12.1 Å². The summed E-state index contributed by atoms with van der Waals surface area (Å²) >= 11 is 3.34. The zero-order chi connectivity index (χ0) is 19.7. The average molecular weight is 431 g/mol. The molecule has 0 unspecified atom stereocenters. The van der Waals surface area contributed by atoms with Crippen molar-refractivity contribution >= 4 is 45.3 Å². The highest BCUT2D eigenvalue weighted by Gasteiger charge is 2.29. The van der Waals surface area contributed by atoms with Crippen molar-refractivity contribution in [3.05, 3.63) is 57.6 Å². The molecule has 1 aliphatic rings. The van der Waals surface area contributed by atoms with E-state index < -0.39 is 5.97 Å². The van der Waals surface area contributed by atoms with Crippen LogP contribution in [0.3, 0.4) is 0 Å². The molecule has 0 spiro atoms. The first-order valence-electron chi connectivity index (χ1n) is 7.83. The molecule has 8 heteroatoms. The molecule has 7 nitrogen and oxygen atoms in total.